The van der Waals surface area contributed by atoms with Crippen molar-refractivity contribution in [2.24, 2.45) is 5.73 Å². The molecule has 0 fully saturated rings. The van der Waals surface area contributed by atoms with Crippen LogP contribution in [0.2, 0.25) is 0 Å². The summed E-state index contributed by atoms with van der Waals surface area (Å²) in [4.78, 5) is 32.6. The molecule has 0 heterocycles. The molecule has 8 heteroatoms. The number of nitro benzene ring substituents is 1. The van der Waals surface area contributed by atoms with Gasteiger partial charge >= 0.3 is 5.97 Å². The number of nitrogens with zero attached hydrogens (tertiary/aromatic N) is 1. The Morgan fingerprint density at radius 3 is 2.58 bits per heavy atom. The van der Waals surface area contributed by atoms with Crippen molar-refractivity contribution in [1.29, 1.82) is 0 Å². The monoisotopic (exact) mass is 267 g/mol. The lowest BCUT2D eigenvalue weighted by Gasteiger charge is -2.10. The molecular formula is C11H13N3O5. The molecule has 0 saturated carbocycles. The van der Waals surface area contributed by atoms with Crippen molar-refractivity contribution in [1.82, 2.24) is 0 Å². The third-order valence-electron chi connectivity index (χ3n) is 2.38. The van der Waals surface area contributed by atoms with Gasteiger partial charge in [-0.15, -0.1) is 0 Å². The van der Waals surface area contributed by atoms with E-state index in [1.165, 1.54) is 26.1 Å². The average Bonchev–Trinajstić information content (AvgIpc) is 2.37. The lowest BCUT2D eigenvalue weighted by molar-refractivity contribution is -0.384. The van der Waals surface area contributed by atoms with E-state index in [9.17, 15) is 19.7 Å². The zero-order chi connectivity index (χ0) is 14.6. The maximum atomic E-state index is 11.7. The zero-order valence-corrected chi connectivity index (χ0v) is 10.4. The number of nitrogens with one attached hydrogen (secondary N) is 1. The van der Waals surface area contributed by atoms with E-state index >= 15 is 0 Å². The summed E-state index contributed by atoms with van der Waals surface area (Å²) in [6.07, 6.45) is -1.10. The van der Waals surface area contributed by atoms with Gasteiger partial charge in [0.15, 0.2) is 6.10 Å². The lowest BCUT2D eigenvalue weighted by atomic mass is 10.1. The second-order valence-corrected chi connectivity index (χ2v) is 3.69. The van der Waals surface area contributed by atoms with E-state index in [-0.39, 0.29) is 16.9 Å². The maximum Gasteiger partial charge on any atom is 0.339 e. The van der Waals surface area contributed by atoms with Gasteiger partial charge in [0.25, 0.3) is 11.6 Å². The van der Waals surface area contributed by atoms with E-state index < -0.39 is 22.9 Å². The number of hydrogen-bond acceptors (Lipinski definition) is 6. The molecule has 0 radical (unpaired) electrons. The number of esters is 1. The molecule has 19 heavy (non-hydrogen) atoms. The van der Waals surface area contributed by atoms with Crippen LogP contribution in [0, 0.1) is 10.1 Å². The first kappa shape index (κ1) is 14.4. The molecule has 0 spiro atoms. The largest absolute Gasteiger partial charge is 0.449 e. The standard InChI is InChI=1S/C11H13N3O5/c1-6(10(12)15)19-11(16)7-3-4-8(13-2)9(5-7)14(17)18/h3-6,13H,1-2H3,(H2,12,15). The average molecular weight is 267 g/mol. The second-order valence-electron chi connectivity index (χ2n) is 3.69. The molecule has 0 aliphatic carbocycles. The van der Waals surface area contributed by atoms with Crippen LogP contribution in [0.5, 0.6) is 0 Å². The Balaban J connectivity index is 3.02. The summed E-state index contributed by atoms with van der Waals surface area (Å²) in [6.45, 7) is 1.32. The van der Waals surface area contributed by atoms with Crippen LogP contribution < -0.4 is 11.1 Å². The Bertz CT molecular complexity index is 529. The quantitative estimate of drug-likeness (QED) is 0.459. The van der Waals surface area contributed by atoms with Crippen LogP contribution in [0.25, 0.3) is 0 Å². The topological polar surface area (TPSA) is 125 Å². The number of hydrogen-bond donors (Lipinski definition) is 2. The normalized spacial score (nSPS) is 11.5. The van der Waals surface area contributed by atoms with Crippen LogP contribution in [0.3, 0.4) is 0 Å². The van der Waals surface area contributed by atoms with Gasteiger partial charge in [-0.3, -0.25) is 14.9 Å². The third kappa shape index (κ3) is 3.41. The van der Waals surface area contributed by atoms with Crippen LogP contribution in [-0.2, 0) is 9.53 Å². The number of primary amides is 1. The number of carbonyl (C=O) groups is 2. The molecule has 1 atom stereocenters. The minimum atomic E-state index is -1.10. The van der Waals surface area contributed by atoms with E-state index in [4.69, 9.17) is 10.5 Å². The number of anilines is 1. The van der Waals surface area contributed by atoms with Gasteiger partial charge in [-0.25, -0.2) is 4.79 Å². The van der Waals surface area contributed by atoms with Gasteiger partial charge in [-0.05, 0) is 19.1 Å². The molecule has 1 amide bonds. The van der Waals surface area contributed by atoms with E-state index in [2.05, 4.69) is 5.32 Å². The van der Waals surface area contributed by atoms with E-state index in [1.54, 1.807) is 0 Å². The summed E-state index contributed by atoms with van der Waals surface area (Å²) < 4.78 is 4.75. The highest BCUT2D eigenvalue weighted by Gasteiger charge is 2.20. The van der Waals surface area contributed by atoms with Crippen LogP contribution in [0.4, 0.5) is 11.4 Å². The Labute approximate surface area is 108 Å². The SMILES string of the molecule is CNc1ccc(C(=O)OC(C)C(N)=O)cc1[N+](=O)[O-]. The van der Waals surface area contributed by atoms with Crippen LogP contribution in [0.1, 0.15) is 17.3 Å². The lowest BCUT2D eigenvalue weighted by Crippen LogP contribution is -2.30. The van der Waals surface area contributed by atoms with Crippen molar-refractivity contribution in [3.05, 3.63) is 33.9 Å². The fraction of sp³-hybridized carbons (Fsp3) is 0.273. The van der Waals surface area contributed by atoms with Crippen molar-refractivity contribution in [2.75, 3.05) is 12.4 Å². The van der Waals surface area contributed by atoms with E-state index in [1.807, 2.05) is 0 Å². The number of nitrogens with two attached hydrogens (primary N) is 1. The molecular weight excluding hydrogens is 254 g/mol. The fourth-order valence-corrected chi connectivity index (χ4v) is 1.31. The summed E-state index contributed by atoms with van der Waals surface area (Å²) in [5.74, 6) is -1.65. The number of carbonyl (C=O) groups excluding carboxylic acids is 2. The molecule has 1 rings (SSSR count). The van der Waals surface area contributed by atoms with Gasteiger partial charge in [-0.1, -0.05) is 0 Å². The molecule has 1 unspecified atom stereocenters. The van der Waals surface area contributed by atoms with Gasteiger partial charge in [0.2, 0.25) is 0 Å². The van der Waals surface area contributed by atoms with Crippen molar-refractivity contribution in [2.45, 2.75) is 13.0 Å². The number of ether oxygens (including phenoxy) is 1. The van der Waals surface area contributed by atoms with Crippen molar-refractivity contribution >= 4 is 23.3 Å². The van der Waals surface area contributed by atoms with Gasteiger partial charge in [-0.2, -0.15) is 0 Å². The van der Waals surface area contributed by atoms with Crippen molar-refractivity contribution in [3.63, 3.8) is 0 Å². The van der Waals surface area contributed by atoms with Gasteiger partial charge in [0.1, 0.15) is 5.69 Å². The number of nitro groups is 1. The van der Waals surface area contributed by atoms with Crippen molar-refractivity contribution < 1.29 is 19.2 Å². The van der Waals surface area contributed by atoms with Gasteiger partial charge in [0.05, 0.1) is 10.5 Å². The third-order valence-corrected chi connectivity index (χ3v) is 2.38. The Hall–Kier alpha value is -2.64. The smallest absolute Gasteiger partial charge is 0.339 e. The summed E-state index contributed by atoms with van der Waals surface area (Å²) in [5, 5.41) is 13.5. The minimum absolute atomic E-state index is 0.0289. The van der Waals surface area contributed by atoms with Gasteiger partial charge < -0.3 is 15.8 Å². The van der Waals surface area contributed by atoms with Gasteiger partial charge in [0, 0.05) is 13.1 Å². The molecule has 102 valence electrons. The Morgan fingerprint density at radius 2 is 2.11 bits per heavy atom. The van der Waals surface area contributed by atoms with Crippen molar-refractivity contribution in [3.8, 4) is 0 Å². The predicted molar refractivity (Wildman–Crippen MR) is 66.7 cm³/mol. The highest BCUT2D eigenvalue weighted by molar-refractivity contribution is 5.93. The molecule has 0 aliphatic rings. The number of amides is 1. The first-order chi connectivity index (χ1) is 8.86. The molecule has 0 aromatic heterocycles. The maximum absolute atomic E-state index is 11.7. The molecule has 3 N–H and O–H groups in total. The van der Waals surface area contributed by atoms with Crippen LogP contribution >= 0.6 is 0 Å². The summed E-state index contributed by atoms with van der Waals surface area (Å²) in [6, 6.07) is 3.81. The zero-order valence-electron chi connectivity index (χ0n) is 10.4. The summed E-state index contributed by atoms with van der Waals surface area (Å²) >= 11 is 0. The van der Waals surface area contributed by atoms with Crippen LogP contribution in [0.15, 0.2) is 18.2 Å². The highest BCUT2D eigenvalue weighted by Crippen LogP contribution is 2.25. The first-order valence-electron chi connectivity index (χ1n) is 5.33. The Morgan fingerprint density at radius 1 is 1.47 bits per heavy atom. The summed E-state index contributed by atoms with van der Waals surface area (Å²) in [7, 11) is 1.52. The van der Waals surface area contributed by atoms with E-state index in [0.717, 1.165) is 6.07 Å². The Kier molecular flexibility index (Phi) is 4.41. The minimum Gasteiger partial charge on any atom is -0.449 e. The molecule has 1 aromatic rings. The molecule has 1 aromatic carbocycles. The first-order valence-corrected chi connectivity index (χ1v) is 5.33. The molecule has 0 bridgehead atoms. The fourth-order valence-electron chi connectivity index (χ4n) is 1.31. The highest BCUT2D eigenvalue weighted by atomic mass is 16.6. The predicted octanol–water partition coefficient (Wildman–Crippen LogP) is 0.667. The molecule has 0 aliphatic heterocycles. The van der Waals surface area contributed by atoms with Crippen LogP contribution in [-0.4, -0.2) is 30.0 Å². The summed E-state index contributed by atoms with van der Waals surface area (Å²) in [5.41, 5.74) is 4.93. The molecule has 0 saturated heterocycles. The van der Waals surface area contributed by atoms with E-state index in [0.29, 0.717) is 0 Å². The number of rotatable bonds is 5. The molecule has 8 nitrogen and oxygen atoms in total. The number of benzene rings is 1. The second kappa shape index (κ2) is 5.80.